The Kier molecular flexibility index (Phi) is 15.9. The first-order valence-corrected chi connectivity index (χ1v) is 2.94. The van der Waals surface area contributed by atoms with Crippen LogP contribution in [0, 0.1) is 0 Å². The predicted octanol–water partition coefficient (Wildman–Crippen LogP) is -4.11. The average Bonchev–Trinajstić information content (AvgIpc) is 1.63. The molecule has 0 aromatic rings. The molecule has 0 aromatic heterocycles. The van der Waals surface area contributed by atoms with Gasteiger partial charge in [-0.1, -0.05) is 0 Å². The Labute approximate surface area is 113 Å². The Hall–Kier alpha value is 1.48. The molecule has 1 unspecified atom stereocenters. The molecule has 0 radical (unpaired) electrons. The normalized spacial score (nSPS) is 10.3. The number of rotatable bonds is 3. The second kappa shape index (κ2) is 9.57. The molecule has 1 atom stereocenters. The first-order chi connectivity index (χ1) is 4.04. The van der Waals surface area contributed by atoms with Gasteiger partial charge in [-0.05, 0) is 0 Å². The SMILES string of the molecule is O=C([S-])CC(O)C(=O)[S-].[Au+].[Na+]. The molecule has 11 heavy (non-hydrogen) atoms. The zero-order valence-corrected chi connectivity index (χ0v) is 11.5. The van der Waals surface area contributed by atoms with Crippen LogP contribution in [0.25, 0.3) is 0 Å². The topological polar surface area (TPSA) is 54.4 Å². The van der Waals surface area contributed by atoms with Crippen molar-refractivity contribution < 1.29 is 66.6 Å². The van der Waals surface area contributed by atoms with Gasteiger partial charge in [0.15, 0.2) is 0 Å². The summed E-state index contributed by atoms with van der Waals surface area (Å²) in [7, 11) is 0. The molecule has 0 aliphatic heterocycles. The van der Waals surface area contributed by atoms with Crippen molar-refractivity contribution in [3.05, 3.63) is 0 Å². The molecule has 0 bridgehead atoms. The molecule has 1 N–H and O–H groups in total. The molecule has 0 heterocycles. The fraction of sp³-hybridized carbons (Fsp3) is 0.500. The molecule has 62 valence electrons. The van der Waals surface area contributed by atoms with Crippen LogP contribution in [0.5, 0.6) is 0 Å². The van der Waals surface area contributed by atoms with Gasteiger partial charge in [-0.3, -0.25) is 0 Å². The molecule has 0 spiro atoms. The number of carbonyl (C=O) groups is 2. The molecule has 0 rings (SSSR count). The molecule has 0 aliphatic carbocycles. The van der Waals surface area contributed by atoms with E-state index in [0.717, 1.165) is 0 Å². The minimum Gasteiger partial charge on any atom is -0.742 e. The van der Waals surface area contributed by atoms with Crippen LogP contribution in [0.3, 0.4) is 0 Å². The first kappa shape index (κ1) is 18.3. The Bertz CT molecular complexity index is 143. The third kappa shape index (κ3) is 11.5. The molecule has 0 aliphatic rings. The van der Waals surface area contributed by atoms with Crippen molar-refractivity contribution in [1.29, 1.82) is 0 Å². The molecule has 0 aromatic carbocycles. The summed E-state index contributed by atoms with van der Waals surface area (Å²) in [5.74, 6) is 0. The van der Waals surface area contributed by atoms with Crippen molar-refractivity contribution >= 4 is 35.5 Å². The van der Waals surface area contributed by atoms with E-state index in [2.05, 4.69) is 25.3 Å². The van der Waals surface area contributed by atoms with Crippen LogP contribution in [0.1, 0.15) is 6.42 Å². The third-order valence-corrected chi connectivity index (χ3v) is 1.07. The Balaban J connectivity index is -0.000000320. The van der Waals surface area contributed by atoms with E-state index in [1.165, 1.54) is 0 Å². The van der Waals surface area contributed by atoms with Gasteiger partial charge in [-0.15, -0.1) is 0 Å². The molecule has 3 nitrogen and oxygen atoms in total. The Morgan fingerprint density at radius 2 is 1.73 bits per heavy atom. The first-order valence-electron chi connectivity index (χ1n) is 2.13. The van der Waals surface area contributed by atoms with Gasteiger partial charge in [0, 0.05) is 16.7 Å². The smallest absolute Gasteiger partial charge is 0.742 e. The van der Waals surface area contributed by atoms with Crippen molar-refractivity contribution in [2.45, 2.75) is 12.5 Å². The van der Waals surface area contributed by atoms with E-state index in [-0.39, 0.29) is 58.4 Å². The Morgan fingerprint density at radius 1 is 1.36 bits per heavy atom. The summed E-state index contributed by atoms with van der Waals surface area (Å²) in [5, 5.41) is 7.06. The van der Waals surface area contributed by atoms with Crippen LogP contribution >= 0.6 is 0 Å². The summed E-state index contributed by atoms with van der Waals surface area (Å²) in [6.45, 7) is 0. The monoisotopic (exact) mass is 384 g/mol. The maximum Gasteiger partial charge on any atom is 1.00 e. The van der Waals surface area contributed by atoms with Gasteiger partial charge in [0.2, 0.25) is 0 Å². The summed E-state index contributed by atoms with van der Waals surface area (Å²) in [6, 6.07) is 0. The number of aliphatic hydroxyl groups excluding tert-OH is 1. The largest absolute Gasteiger partial charge is 1.00 e. The van der Waals surface area contributed by atoms with Crippen LogP contribution in [-0.2, 0) is 57.2 Å². The number of hydrogen-bond donors (Lipinski definition) is 1. The van der Waals surface area contributed by atoms with E-state index in [1.807, 2.05) is 0 Å². The van der Waals surface area contributed by atoms with E-state index in [4.69, 9.17) is 5.11 Å². The van der Waals surface area contributed by atoms with Crippen LogP contribution < -0.4 is 29.6 Å². The molecule has 0 amide bonds. The van der Waals surface area contributed by atoms with Crippen LogP contribution in [0.2, 0.25) is 0 Å². The zero-order chi connectivity index (χ0) is 7.44. The quantitative estimate of drug-likeness (QED) is 0.396. The van der Waals surface area contributed by atoms with Gasteiger partial charge in [-0.25, -0.2) is 0 Å². The Morgan fingerprint density at radius 3 is 1.82 bits per heavy atom. The molecule has 0 fully saturated rings. The maximum absolute atomic E-state index is 10.0. The molecule has 7 heteroatoms. The van der Waals surface area contributed by atoms with E-state index in [9.17, 15) is 9.59 Å². The van der Waals surface area contributed by atoms with Crippen molar-refractivity contribution in [1.82, 2.24) is 0 Å². The summed E-state index contributed by atoms with van der Waals surface area (Å²) in [4.78, 5) is 20.1. The number of aliphatic hydroxyl groups is 1. The molecule has 0 saturated heterocycles. The predicted molar refractivity (Wildman–Crippen MR) is 35.4 cm³/mol. The van der Waals surface area contributed by atoms with Gasteiger partial charge in [0.05, 0.1) is 6.10 Å². The van der Waals surface area contributed by atoms with Gasteiger partial charge in [0.25, 0.3) is 0 Å². The van der Waals surface area contributed by atoms with Gasteiger partial charge < -0.3 is 40.0 Å². The summed E-state index contributed by atoms with van der Waals surface area (Å²) in [5.41, 5.74) is 0. The molecule has 0 saturated carbocycles. The van der Waals surface area contributed by atoms with E-state index in [0.29, 0.717) is 0 Å². The van der Waals surface area contributed by atoms with Crippen molar-refractivity contribution in [3.63, 3.8) is 0 Å². The second-order valence-corrected chi connectivity index (χ2v) is 2.27. The molecular formula is C4H4AuNaO3S2. The van der Waals surface area contributed by atoms with E-state index < -0.39 is 16.3 Å². The van der Waals surface area contributed by atoms with E-state index >= 15 is 0 Å². The number of hydrogen-bond acceptors (Lipinski definition) is 5. The number of carbonyl (C=O) groups excluding carboxylic acids is 2. The zero-order valence-electron chi connectivity index (χ0n) is 5.67. The minimum absolute atomic E-state index is 0. The molecular weight excluding hydrogens is 380 g/mol. The fourth-order valence-corrected chi connectivity index (χ4v) is 0.482. The third-order valence-electron chi connectivity index (χ3n) is 0.632. The van der Waals surface area contributed by atoms with Crippen molar-refractivity contribution in [2.24, 2.45) is 0 Å². The van der Waals surface area contributed by atoms with Gasteiger partial charge >= 0.3 is 51.9 Å². The standard InChI is InChI=1S/C4H6O3S2.Au.Na/c5-2(4(7)9)1-3(6)8;;/h2,5H,1H2,(H,6,8)(H,7,9);;/q;2*+1/p-2. The summed E-state index contributed by atoms with van der Waals surface area (Å²) < 4.78 is 0. The average molecular weight is 384 g/mol. The van der Waals surface area contributed by atoms with E-state index in [1.54, 1.807) is 0 Å². The van der Waals surface area contributed by atoms with Crippen molar-refractivity contribution in [2.75, 3.05) is 0 Å². The maximum atomic E-state index is 10.0. The minimum atomic E-state index is -1.38. The van der Waals surface area contributed by atoms with Gasteiger partial charge in [0.1, 0.15) is 0 Å². The summed E-state index contributed by atoms with van der Waals surface area (Å²) >= 11 is 8.11. The van der Waals surface area contributed by atoms with Gasteiger partial charge in [-0.2, -0.15) is 0 Å². The van der Waals surface area contributed by atoms with Crippen LogP contribution in [0.4, 0.5) is 0 Å². The van der Waals surface area contributed by atoms with Crippen LogP contribution in [0.15, 0.2) is 0 Å². The van der Waals surface area contributed by atoms with Crippen LogP contribution in [-0.4, -0.2) is 21.4 Å². The summed E-state index contributed by atoms with van der Waals surface area (Å²) in [6.07, 6.45) is -1.73. The van der Waals surface area contributed by atoms with Crippen molar-refractivity contribution in [3.8, 4) is 0 Å². The second-order valence-electron chi connectivity index (χ2n) is 1.41. The fourth-order valence-electron chi connectivity index (χ4n) is 0.241.